The highest BCUT2D eigenvalue weighted by Crippen LogP contribution is 2.30. The molecule has 3 nitrogen and oxygen atoms in total. The third kappa shape index (κ3) is 4.08. The zero-order valence-electron chi connectivity index (χ0n) is 12.2. The van der Waals surface area contributed by atoms with Crippen LogP contribution >= 0.6 is 11.6 Å². The van der Waals surface area contributed by atoms with Crippen LogP contribution in [0.15, 0.2) is 12.1 Å². The Hall–Kier alpha value is -0.800. The van der Waals surface area contributed by atoms with Gasteiger partial charge in [0, 0.05) is 19.6 Å². The van der Waals surface area contributed by atoms with Crippen LogP contribution in [0.3, 0.4) is 0 Å². The van der Waals surface area contributed by atoms with Crippen molar-refractivity contribution in [3.63, 3.8) is 0 Å². The predicted octanol–water partition coefficient (Wildman–Crippen LogP) is 3.79. The quantitative estimate of drug-likeness (QED) is 0.910. The minimum absolute atomic E-state index is 0.407. The van der Waals surface area contributed by atoms with E-state index in [1.165, 1.54) is 12.8 Å². The lowest BCUT2D eigenvalue weighted by Gasteiger charge is -2.38. The van der Waals surface area contributed by atoms with Gasteiger partial charge < -0.3 is 5.32 Å². The van der Waals surface area contributed by atoms with E-state index in [0.717, 1.165) is 42.7 Å². The SMILES string of the molecule is CCNc1ccc(Cl)c(CN2CCCC(C)(C)C2)n1. The number of hydrogen-bond acceptors (Lipinski definition) is 3. The summed E-state index contributed by atoms with van der Waals surface area (Å²) >= 11 is 6.27. The molecule has 2 rings (SSSR count). The molecular formula is C15H24ClN3. The Kier molecular flexibility index (Phi) is 4.69. The molecule has 0 amide bonds. The molecule has 4 heteroatoms. The molecule has 0 aliphatic carbocycles. The van der Waals surface area contributed by atoms with Gasteiger partial charge in [0.05, 0.1) is 10.7 Å². The molecule has 1 aromatic heterocycles. The summed E-state index contributed by atoms with van der Waals surface area (Å²) in [6, 6.07) is 3.88. The van der Waals surface area contributed by atoms with Crippen molar-refractivity contribution in [2.24, 2.45) is 5.41 Å². The Morgan fingerprint density at radius 3 is 2.89 bits per heavy atom. The normalized spacial score (nSPS) is 19.4. The number of piperidine rings is 1. The van der Waals surface area contributed by atoms with Crippen molar-refractivity contribution in [3.8, 4) is 0 Å². The maximum Gasteiger partial charge on any atom is 0.126 e. The van der Waals surface area contributed by atoms with E-state index >= 15 is 0 Å². The molecule has 1 fully saturated rings. The molecule has 1 aliphatic rings. The van der Waals surface area contributed by atoms with Crippen LogP contribution in [0.5, 0.6) is 0 Å². The van der Waals surface area contributed by atoms with Gasteiger partial charge in [-0.1, -0.05) is 25.4 Å². The van der Waals surface area contributed by atoms with Gasteiger partial charge in [-0.3, -0.25) is 4.90 Å². The van der Waals surface area contributed by atoms with Gasteiger partial charge in [-0.2, -0.15) is 0 Å². The fraction of sp³-hybridized carbons (Fsp3) is 0.667. The molecule has 0 aromatic carbocycles. The number of nitrogens with one attached hydrogen (secondary N) is 1. The second-order valence-corrected chi connectivity index (χ2v) is 6.54. The average molecular weight is 282 g/mol. The Morgan fingerprint density at radius 2 is 2.21 bits per heavy atom. The van der Waals surface area contributed by atoms with E-state index < -0.39 is 0 Å². The Labute approximate surface area is 121 Å². The minimum atomic E-state index is 0.407. The first-order valence-electron chi connectivity index (χ1n) is 7.12. The molecule has 0 saturated carbocycles. The van der Waals surface area contributed by atoms with Crippen molar-refractivity contribution in [2.45, 2.75) is 40.2 Å². The molecule has 0 unspecified atom stereocenters. The van der Waals surface area contributed by atoms with E-state index in [0.29, 0.717) is 5.41 Å². The molecule has 1 saturated heterocycles. The molecule has 0 spiro atoms. The molecular weight excluding hydrogens is 258 g/mol. The summed E-state index contributed by atoms with van der Waals surface area (Å²) in [5, 5.41) is 4.01. The first-order valence-corrected chi connectivity index (χ1v) is 7.49. The van der Waals surface area contributed by atoms with Gasteiger partial charge in [-0.25, -0.2) is 4.98 Å². The zero-order valence-corrected chi connectivity index (χ0v) is 12.9. The van der Waals surface area contributed by atoms with Gasteiger partial charge in [0.25, 0.3) is 0 Å². The number of halogens is 1. The average Bonchev–Trinajstić information content (AvgIpc) is 2.32. The molecule has 1 aromatic rings. The molecule has 1 aliphatic heterocycles. The standard InChI is InChI=1S/C15H24ClN3/c1-4-17-14-7-6-12(16)13(18-14)10-19-9-5-8-15(2,3)11-19/h6-7H,4-5,8-11H2,1-3H3,(H,17,18). The lowest BCUT2D eigenvalue weighted by molar-refractivity contribution is 0.110. The zero-order chi connectivity index (χ0) is 13.9. The maximum atomic E-state index is 6.27. The molecule has 0 bridgehead atoms. The Balaban J connectivity index is 2.07. The molecule has 19 heavy (non-hydrogen) atoms. The Morgan fingerprint density at radius 1 is 1.42 bits per heavy atom. The predicted molar refractivity (Wildman–Crippen MR) is 81.7 cm³/mol. The van der Waals surface area contributed by atoms with E-state index in [2.05, 4.69) is 36.0 Å². The monoisotopic (exact) mass is 281 g/mol. The van der Waals surface area contributed by atoms with Crippen LogP contribution in [0.4, 0.5) is 5.82 Å². The van der Waals surface area contributed by atoms with Gasteiger partial charge >= 0.3 is 0 Å². The Bertz CT molecular complexity index is 431. The van der Waals surface area contributed by atoms with Gasteiger partial charge in [0.2, 0.25) is 0 Å². The largest absolute Gasteiger partial charge is 0.370 e. The van der Waals surface area contributed by atoms with Gasteiger partial charge in [0.1, 0.15) is 5.82 Å². The van der Waals surface area contributed by atoms with Crippen molar-refractivity contribution in [3.05, 3.63) is 22.8 Å². The van der Waals surface area contributed by atoms with Crippen LogP contribution < -0.4 is 5.32 Å². The summed E-state index contributed by atoms with van der Waals surface area (Å²) in [6.07, 6.45) is 2.57. The molecule has 0 radical (unpaired) electrons. The molecule has 106 valence electrons. The summed E-state index contributed by atoms with van der Waals surface area (Å²) in [5.74, 6) is 0.915. The number of anilines is 1. The number of aromatic nitrogens is 1. The summed E-state index contributed by atoms with van der Waals surface area (Å²) in [6.45, 7) is 10.7. The van der Waals surface area contributed by atoms with E-state index in [1.54, 1.807) is 0 Å². The van der Waals surface area contributed by atoms with Crippen LogP contribution in [0, 0.1) is 5.41 Å². The number of likely N-dealkylation sites (tertiary alicyclic amines) is 1. The lowest BCUT2D eigenvalue weighted by Crippen LogP contribution is -2.39. The van der Waals surface area contributed by atoms with E-state index in [4.69, 9.17) is 11.6 Å². The fourth-order valence-electron chi connectivity index (χ4n) is 2.77. The number of hydrogen-bond donors (Lipinski definition) is 1. The van der Waals surface area contributed by atoms with Crippen molar-refractivity contribution in [2.75, 3.05) is 25.0 Å². The van der Waals surface area contributed by atoms with Crippen molar-refractivity contribution in [1.29, 1.82) is 0 Å². The molecule has 2 heterocycles. The maximum absolute atomic E-state index is 6.27. The van der Waals surface area contributed by atoms with Crippen LogP contribution in [-0.2, 0) is 6.54 Å². The van der Waals surface area contributed by atoms with Crippen LogP contribution in [0.25, 0.3) is 0 Å². The summed E-state index contributed by atoms with van der Waals surface area (Å²) in [7, 11) is 0. The summed E-state index contributed by atoms with van der Waals surface area (Å²) < 4.78 is 0. The smallest absolute Gasteiger partial charge is 0.126 e. The van der Waals surface area contributed by atoms with Crippen LogP contribution in [0.2, 0.25) is 5.02 Å². The minimum Gasteiger partial charge on any atom is -0.370 e. The van der Waals surface area contributed by atoms with Crippen LogP contribution in [0.1, 0.15) is 39.3 Å². The van der Waals surface area contributed by atoms with Gasteiger partial charge in [-0.05, 0) is 43.9 Å². The third-order valence-electron chi connectivity index (χ3n) is 3.63. The molecule has 1 N–H and O–H groups in total. The number of nitrogens with zero attached hydrogens (tertiary/aromatic N) is 2. The van der Waals surface area contributed by atoms with Crippen LogP contribution in [-0.4, -0.2) is 29.5 Å². The topological polar surface area (TPSA) is 28.2 Å². The van der Waals surface area contributed by atoms with Crippen molar-refractivity contribution in [1.82, 2.24) is 9.88 Å². The second kappa shape index (κ2) is 6.10. The highest BCUT2D eigenvalue weighted by atomic mass is 35.5. The van der Waals surface area contributed by atoms with Gasteiger partial charge in [-0.15, -0.1) is 0 Å². The first kappa shape index (κ1) is 14.6. The molecule has 0 atom stereocenters. The van der Waals surface area contributed by atoms with Crippen molar-refractivity contribution >= 4 is 17.4 Å². The third-order valence-corrected chi connectivity index (χ3v) is 3.97. The summed E-state index contributed by atoms with van der Waals surface area (Å²) in [5.41, 5.74) is 1.39. The van der Waals surface area contributed by atoms with E-state index in [9.17, 15) is 0 Å². The number of rotatable bonds is 4. The van der Waals surface area contributed by atoms with E-state index in [1.807, 2.05) is 12.1 Å². The van der Waals surface area contributed by atoms with E-state index in [-0.39, 0.29) is 0 Å². The second-order valence-electron chi connectivity index (χ2n) is 6.13. The number of pyridine rings is 1. The first-order chi connectivity index (χ1) is 9.00. The highest BCUT2D eigenvalue weighted by molar-refractivity contribution is 6.31. The highest BCUT2D eigenvalue weighted by Gasteiger charge is 2.26. The van der Waals surface area contributed by atoms with Crippen molar-refractivity contribution < 1.29 is 0 Å². The van der Waals surface area contributed by atoms with Gasteiger partial charge in [0.15, 0.2) is 0 Å². The fourth-order valence-corrected chi connectivity index (χ4v) is 2.93. The summed E-state index contributed by atoms with van der Waals surface area (Å²) in [4.78, 5) is 7.08. The lowest BCUT2D eigenvalue weighted by atomic mass is 9.84.